The van der Waals surface area contributed by atoms with E-state index < -0.39 is 0 Å². The van der Waals surface area contributed by atoms with Crippen LogP contribution in [0.5, 0.6) is 0 Å². The minimum absolute atomic E-state index is 0.166. The highest BCUT2D eigenvalue weighted by Gasteiger charge is 2.06. The van der Waals surface area contributed by atoms with Crippen molar-refractivity contribution in [3.05, 3.63) is 11.6 Å². The molecule has 3 nitrogen and oxygen atoms in total. The molecular weight excluding hydrogens is 176 g/mol. The van der Waals surface area contributed by atoms with Gasteiger partial charge in [0.2, 0.25) is 5.91 Å². The van der Waals surface area contributed by atoms with Gasteiger partial charge in [0.15, 0.2) is 0 Å². The van der Waals surface area contributed by atoms with Crippen molar-refractivity contribution in [1.82, 2.24) is 10.6 Å². The average Bonchev–Trinajstić information content (AvgIpc) is 2.15. The van der Waals surface area contributed by atoms with Crippen molar-refractivity contribution in [1.29, 1.82) is 0 Å². The summed E-state index contributed by atoms with van der Waals surface area (Å²) in [5.74, 6) is 0.608. The van der Waals surface area contributed by atoms with Gasteiger partial charge >= 0.3 is 0 Å². The molecule has 1 aliphatic rings. The minimum atomic E-state index is 0.166. The van der Waals surface area contributed by atoms with Crippen LogP contribution >= 0.6 is 0 Å². The maximum Gasteiger partial charge on any atom is 0.220 e. The van der Waals surface area contributed by atoms with Crippen molar-refractivity contribution < 1.29 is 4.79 Å². The smallest absolute Gasteiger partial charge is 0.220 e. The first-order valence-electron chi connectivity index (χ1n) is 5.34. The molecule has 80 valence electrons. The monoisotopic (exact) mass is 196 g/mol. The van der Waals surface area contributed by atoms with Crippen LogP contribution in [0.25, 0.3) is 0 Å². The molecule has 0 saturated carbocycles. The molecule has 0 bridgehead atoms. The molecule has 0 atom stereocenters. The highest BCUT2D eigenvalue weighted by atomic mass is 16.1. The number of nitrogens with one attached hydrogen (secondary N) is 2. The number of rotatable bonds is 4. The molecule has 0 aromatic heterocycles. The van der Waals surface area contributed by atoms with E-state index in [1.54, 1.807) is 0 Å². The third-order valence-electron chi connectivity index (χ3n) is 2.26. The van der Waals surface area contributed by atoms with Gasteiger partial charge in [-0.3, -0.25) is 4.79 Å². The summed E-state index contributed by atoms with van der Waals surface area (Å²) in [4.78, 5) is 11.3. The summed E-state index contributed by atoms with van der Waals surface area (Å²) in [6.45, 7) is 6.82. The van der Waals surface area contributed by atoms with Gasteiger partial charge in [-0.1, -0.05) is 25.5 Å². The highest BCUT2D eigenvalue weighted by Crippen LogP contribution is 2.03. The lowest BCUT2D eigenvalue weighted by atomic mass is 10.1. The highest BCUT2D eigenvalue weighted by molar-refractivity contribution is 5.76. The molecule has 0 aliphatic carbocycles. The van der Waals surface area contributed by atoms with E-state index in [1.807, 2.05) is 0 Å². The lowest BCUT2D eigenvalue weighted by Gasteiger charge is -2.14. The van der Waals surface area contributed by atoms with Crippen LogP contribution in [0.4, 0.5) is 0 Å². The van der Waals surface area contributed by atoms with Crippen LogP contribution in [0.15, 0.2) is 11.6 Å². The molecule has 0 spiro atoms. The summed E-state index contributed by atoms with van der Waals surface area (Å²) < 4.78 is 0. The molecule has 0 saturated heterocycles. The molecule has 1 amide bonds. The zero-order valence-corrected chi connectivity index (χ0v) is 9.10. The van der Waals surface area contributed by atoms with Gasteiger partial charge < -0.3 is 10.6 Å². The first-order valence-corrected chi connectivity index (χ1v) is 5.34. The molecule has 1 aliphatic heterocycles. The number of carbonyl (C=O) groups is 1. The van der Waals surface area contributed by atoms with Crippen LogP contribution in [0.3, 0.4) is 0 Å². The summed E-state index contributed by atoms with van der Waals surface area (Å²) in [6.07, 6.45) is 3.85. The molecule has 0 unspecified atom stereocenters. The normalized spacial score (nSPS) is 16.6. The summed E-state index contributed by atoms with van der Waals surface area (Å²) in [7, 11) is 0. The van der Waals surface area contributed by atoms with E-state index in [0.29, 0.717) is 12.3 Å². The minimum Gasteiger partial charge on any atom is -0.352 e. The van der Waals surface area contributed by atoms with Crippen molar-refractivity contribution in [2.24, 2.45) is 5.92 Å². The summed E-state index contributed by atoms with van der Waals surface area (Å²) >= 11 is 0. The molecule has 1 heterocycles. The van der Waals surface area contributed by atoms with Crippen LogP contribution in [0.2, 0.25) is 0 Å². The van der Waals surface area contributed by atoms with Crippen LogP contribution in [-0.2, 0) is 4.79 Å². The third kappa shape index (κ3) is 4.42. The predicted octanol–water partition coefficient (Wildman–Crippen LogP) is 1.07. The Morgan fingerprint density at radius 3 is 3.00 bits per heavy atom. The van der Waals surface area contributed by atoms with Gasteiger partial charge in [-0.2, -0.15) is 0 Å². The molecule has 0 radical (unpaired) electrons. The van der Waals surface area contributed by atoms with Gasteiger partial charge in [-0.25, -0.2) is 0 Å². The molecule has 2 N–H and O–H groups in total. The molecule has 1 rings (SSSR count). The van der Waals surface area contributed by atoms with E-state index in [-0.39, 0.29) is 5.91 Å². The fourth-order valence-electron chi connectivity index (χ4n) is 1.49. The third-order valence-corrected chi connectivity index (χ3v) is 2.26. The van der Waals surface area contributed by atoms with Crippen molar-refractivity contribution >= 4 is 5.91 Å². The van der Waals surface area contributed by atoms with Crippen LogP contribution < -0.4 is 10.6 Å². The standard InChI is InChI=1S/C11H20N2O/c1-9(2)7-11(14)13-8-10-3-5-12-6-4-10/h3,9,12H,4-8H2,1-2H3,(H,13,14). The van der Waals surface area contributed by atoms with Crippen molar-refractivity contribution in [3.63, 3.8) is 0 Å². The van der Waals surface area contributed by atoms with E-state index in [9.17, 15) is 4.79 Å². The van der Waals surface area contributed by atoms with Crippen molar-refractivity contribution in [2.45, 2.75) is 26.7 Å². The van der Waals surface area contributed by atoms with Gasteiger partial charge in [0.05, 0.1) is 0 Å². The quantitative estimate of drug-likeness (QED) is 0.660. The number of amides is 1. The summed E-state index contributed by atoms with van der Waals surface area (Å²) in [5.41, 5.74) is 1.35. The second-order valence-corrected chi connectivity index (χ2v) is 4.19. The zero-order chi connectivity index (χ0) is 10.4. The Bertz CT molecular complexity index is 221. The second kappa shape index (κ2) is 5.81. The number of carbonyl (C=O) groups excluding carboxylic acids is 1. The summed E-state index contributed by atoms with van der Waals surface area (Å²) in [5, 5.41) is 6.19. The fraction of sp³-hybridized carbons (Fsp3) is 0.727. The maximum atomic E-state index is 11.3. The molecule has 0 aromatic rings. The molecule has 3 heteroatoms. The lowest BCUT2D eigenvalue weighted by Crippen LogP contribution is -2.30. The molecular formula is C11H20N2O. The molecule has 0 aromatic carbocycles. The van der Waals surface area contributed by atoms with Gasteiger partial charge in [-0.05, 0) is 18.9 Å². The van der Waals surface area contributed by atoms with Gasteiger partial charge in [0.1, 0.15) is 0 Å². The van der Waals surface area contributed by atoms with Gasteiger partial charge in [0.25, 0.3) is 0 Å². The van der Waals surface area contributed by atoms with Gasteiger partial charge in [-0.15, -0.1) is 0 Å². The van der Waals surface area contributed by atoms with Crippen LogP contribution in [-0.4, -0.2) is 25.5 Å². The van der Waals surface area contributed by atoms with E-state index in [1.165, 1.54) is 5.57 Å². The largest absolute Gasteiger partial charge is 0.352 e. The molecule has 14 heavy (non-hydrogen) atoms. The maximum absolute atomic E-state index is 11.3. The Morgan fingerprint density at radius 2 is 2.43 bits per heavy atom. The van der Waals surface area contributed by atoms with Gasteiger partial charge in [0, 0.05) is 19.5 Å². The number of hydrogen-bond acceptors (Lipinski definition) is 2. The van der Waals surface area contributed by atoms with E-state index in [0.717, 1.165) is 26.1 Å². The SMILES string of the molecule is CC(C)CC(=O)NCC1=CCNCC1. The number of hydrogen-bond donors (Lipinski definition) is 2. The predicted molar refractivity (Wildman–Crippen MR) is 58.0 cm³/mol. The van der Waals surface area contributed by atoms with Crippen molar-refractivity contribution in [2.75, 3.05) is 19.6 Å². The fourth-order valence-corrected chi connectivity index (χ4v) is 1.49. The lowest BCUT2D eigenvalue weighted by molar-refractivity contribution is -0.121. The Labute approximate surface area is 86.0 Å². The van der Waals surface area contributed by atoms with E-state index >= 15 is 0 Å². The Balaban J connectivity index is 2.19. The Kier molecular flexibility index (Phi) is 4.66. The topological polar surface area (TPSA) is 41.1 Å². The van der Waals surface area contributed by atoms with Crippen molar-refractivity contribution in [3.8, 4) is 0 Å². The summed E-state index contributed by atoms with van der Waals surface area (Å²) in [6, 6.07) is 0. The van der Waals surface area contributed by atoms with E-state index in [4.69, 9.17) is 0 Å². The van der Waals surface area contributed by atoms with E-state index in [2.05, 4.69) is 30.6 Å². The first-order chi connectivity index (χ1) is 6.68. The van der Waals surface area contributed by atoms with Crippen LogP contribution in [0.1, 0.15) is 26.7 Å². The Morgan fingerprint density at radius 1 is 1.64 bits per heavy atom. The second-order valence-electron chi connectivity index (χ2n) is 4.19. The average molecular weight is 196 g/mol. The zero-order valence-electron chi connectivity index (χ0n) is 9.10. The Hall–Kier alpha value is -0.830. The van der Waals surface area contributed by atoms with Crippen LogP contribution in [0, 0.1) is 5.92 Å². The first kappa shape index (κ1) is 11.2. The molecule has 0 fully saturated rings.